The minimum absolute atomic E-state index is 0.00253. The lowest BCUT2D eigenvalue weighted by atomic mass is 10.1. The lowest BCUT2D eigenvalue weighted by Crippen LogP contribution is -2.50. The van der Waals surface area contributed by atoms with Gasteiger partial charge in [-0.05, 0) is 49.7 Å². The van der Waals surface area contributed by atoms with E-state index < -0.39 is 34.4 Å². The average molecular weight is 574 g/mol. The van der Waals surface area contributed by atoms with Crippen LogP contribution in [0.3, 0.4) is 0 Å². The van der Waals surface area contributed by atoms with Gasteiger partial charge >= 0.3 is 0 Å². The highest BCUT2D eigenvalue weighted by atomic mass is 35.5. The molecule has 0 radical (unpaired) electrons. The van der Waals surface area contributed by atoms with E-state index in [1.165, 1.54) is 50.4 Å². The molecule has 9 nitrogen and oxygen atoms in total. The molecule has 0 aliphatic heterocycles. The number of methoxy groups -OCH3 is 2. The number of likely N-dealkylation sites (N-methyl/N-ethyl adjacent to an activating group) is 1. The highest BCUT2D eigenvalue weighted by Crippen LogP contribution is 2.34. The van der Waals surface area contributed by atoms with Gasteiger partial charge in [-0.15, -0.1) is 0 Å². The first-order valence-corrected chi connectivity index (χ1v) is 13.9. The van der Waals surface area contributed by atoms with Crippen LogP contribution < -0.4 is 19.1 Å². The van der Waals surface area contributed by atoms with Gasteiger partial charge in [0, 0.05) is 24.7 Å². The zero-order chi connectivity index (χ0) is 28.7. The van der Waals surface area contributed by atoms with Crippen LogP contribution in [0.1, 0.15) is 18.1 Å². The van der Waals surface area contributed by atoms with Crippen LogP contribution in [-0.4, -0.2) is 59.0 Å². The highest BCUT2D eigenvalue weighted by Gasteiger charge is 2.33. The molecule has 0 spiro atoms. The van der Waals surface area contributed by atoms with Gasteiger partial charge in [-0.1, -0.05) is 47.5 Å². The molecular weight excluding hydrogens is 542 g/mol. The van der Waals surface area contributed by atoms with Crippen molar-refractivity contribution in [3.05, 3.63) is 82.9 Å². The summed E-state index contributed by atoms with van der Waals surface area (Å²) >= 11 is 6.35. The summed E-state index contributed by atoms with van der Waals surface area (Å²) in [7, 11) is 0.153. The fourth-order valence-electron chi connectivity index (χ4n) is 3.95. The molecule has 0 saturated carbocycles. The maximum atomic E-state index is 13.9. The standard InChI is InChI=1S/C28H32ClN3O6S/c1-19-10-13-23(14-11-19)39(35,36)32(22-12-15-25(37-4)26(16-22)38-5)18-27(33)31(20(2)28(34)30-3)17-21-8-6-7-9-24(21)29/h6-16,20H,17-18H2,1-5H3,(H,30,34)/t20-/m0/s1. The van der Waals surface area contributed by atoms with E-state index in [1.807, 2.05) is 6.92 Å². The highest BCUT2D eigenvalue weighted by molar-refractivity contribution is 7.92. The van der Waals surface area contributed by atoms with Crippen molar-refractivity contribution in [2.24, 2.45) is 0 Å². The summed E-state index contributed by atoms with van der Waals surface area (Å²) in [5.74, 6) is -0.321. The summed E-state index contributed by atoms with van der Waals surface area (Å²) < 4.78 is 39.5. The molecule has 39 heavy (non-hydrogen) atoms. The van der Waals surface area contributed by atoms with E-state index in [4.69, 9.17) is 21.1 Å². The van der Waals surface area contributed by atoms with Crippen molar-refractivity contribution >= 4 is 39.1 Å². The molecule has 0 heterocycles. The summed E-state index contributed by atoms with van der Waals surface area (Å²) in [4.78, 5) is 27.8. The molecule has 1 N–H and O–H groups in total. The van der Waals surface area contributed by atoms with Gasteiger partial charge in [-0.2, -0.15) is 0 Å². The van der Waals surface area contributed by atoms with Gasteiger partial charge in [-0.25, -0.2) is 8.42 Å². The second kappa shape index (κ2) is 12.9. The number of aryl methyl sites for hydroxylation is 1. The second-order valence-corrected chi connectivity index (χ2v) is 11.0. The minimum atomic E-state index is -4.21. The van der Waals surface area contributed by atoms with Crippen LogP contribution >= 0.6 is 11.6 Å². The number of nitrogens with one attached hydrogen (secondary N) is 1. The molecular formula is C28H32ClN3O6S. The first-order chi connectivity index (χ1) is 18.5. The van der Waals surface area contributed by atoms with Crippen LogP contribution in [0.5, 0.6) is 11.5 Å². The number of rotatable bonds is 11. The van der Waals surface area contributed by atoms with Gasteiger partial charge in [-0.3, -0.25) is 13.9 Å². The van der Waals surface area contributed by atoms with E-state index in [1.54, 1.807) is 49.4 Å². The minimum Gasteiger partial charge on any atom is -0.493 e. The quantitative estimate of drug-likeness (QED) is 0.371. The molecule has 3 rings (SSSR count). The van der Waals surface area contributed by atoms with Gasteiger partial charge in [0.05, 0.1) is 24.8 Å². The van der Waals surface area contributed by atoms with Crippen LogP contribution in [-0.2, 0) is 26.2 Å². The number of carbonyl (C=O) groups is 2. The number of carbonyl (C=O) groups excluding carboxylic acids is 2. The molecule has 0 fully saturated rings. The van der Waals surface area contributed by atoms with E-state index in [0.29, 0.717) is 22.1 Å². The number of ether oxygens (including phenoxy) is 2. The molecule has 208 valence electrons. The predicted octanol–water partition coefficient (Wildman–Crippen LogP) is 4.02. The fraction of sp³-hybridized carbons (Fsp3) is 0.286. The Kier molecular flexibility index (Phi) is 9.82. The lowest BCUT2D eigenvalue weighted by molar-refractivity contribution is -0.139. The number of sulfonamides is 1. The number of benzene rings is 3. The molecule has 3 aromatic rings. The van der Waals surface area contributed by atoms with Gasteiger partial charge in [0.25, 0.3) is 10.0 Å². The van der Waals surface area contributed by atoms with Crippen LogP contribution in [0.4, 0.5) is 5.69 Å². The average Bonchev–Trinajstić information content (AvgIpc) is 2.94. The Labute approximate surface area is 234 Å². The Morgan fingerprint density at radius 2 is 1.62 bits per heavy atom. The summed E-state index contributed by atoms with van der Waals surface area (Å²) in [5, 5.41) is 2.97. The van der Waals surface area contributed by atoms with Crippen LogP contribution in [0.25, 0.3) is 0 Å². The van der Waals surface area contributed by atoms with E-state index in [0.717, 1.165) is 9.87 Å². The topological polar surface area (TPSA) is 105 Å². The summed E-state index contributed by atoms with van der Waals surface area (Å²) in [6.45, 7) is 2.83. The van der Waals surface area contributed by atoms with Crippen molar-refractivity contribution in [3.63, 3.8) is 0 Å². The van der Waals surface area contributed by atoms with E-state index in [9.17, 15) is 18.0 Å². The maximum absolute atomic E-state index is 13.9. The third kappa shape index (κ3) is 6.82. The van der Waals surface area contributed by atoms with Gasteiger partial charge in [0.1, 0.15) is 12.6 Å². The van der Waals surface area contributed by atoms with Crippen LogP contribution in [0.2, 0.25) is 5.02 Å². The molecule has 0 aliphatic carbocycles. The SMILES string of the molecule is CNC(=O)[C@H](C)N(Cc1ccccc1Cl)C(=O)CN(c1ccc(OC)c(OC)c1)S(=O)(=O)c1ccc(C)cc1. The summed E-state index contributed by atoms with van der Waals surface area (Å²) in [6.07, 6.45) is 0. The van der Waals surface area contributed by atoms with E-state index >= 15 is 0 Å². The Morgan fingerprint density at radius 3 is 2.21 bits per heavy atom. The molecule has 2 amide bonds. The number of hydrogen-bond acceptors (Lipinski definition) is 6. The van der Waals surface area contributed by atoms with Gasteiger partial charge < -0.3 is 19.7 Å². The molecule has 0 saturated heterocycles. The monoisotopic (exact) mass is 573 g/mol. The van der Waals surface area contributed by atoms with Crippen molar-refractivity contribution in [2.45, 2.75) is 31.3 Å². The van der Waals surface area contributed by atoms with Gasteiger partial charge in [0.2, 0.25) is 11.8 Å². The van der Waals surface area contributed by atoms with E-state index in [2.05, 4.69) is 5.32 Å². The first kappa shape index (κ1) is 29.8. The van der Waals surface area contributed by atoms with Crippen molar-refractivity contribution < 1.29 is 27.5 Å². The zero-order valence-electron chi connectivity index (χ0n) is 22.5. The van der Waals surface area contributed by atoms with Gasteiger partial charge in [0.15, 0.2) is 11.5 Å². The normalized spacial score (nSPS) is 11.8. The number of hydrogen-bond donors (Lipinski definition) is 1. The predicted molar refractivity (Wildman–Crippen MR) is 151 cm³/mol. The Bertz CT molecular complexity index is 1430. The van der Waals surface area contributed by atoms with Crippen LogP contribution in [0.15, 0.2) is 71.6 Å². The third-order valence-electron chi connectivity index (χ3n) is 6.26. The first-order valence-electron chi connectivity index (χ1n) is 12.1. The van der Waals surface area contributed by atoms with Crippen molar-refractivity contribution in [2.75, 3.05) is 32.1 Å². The fourth-order valence-corrected chi connectivity index (χ4v) is 5.55. The molecule has 1 atom stereocenters. The lowest BCUT2D eigenvalue weighted by Gasteiger charge is -2.32. The smallest absolute Gasteiger partial charge is 0.264 e. The van der Waals surface area contributed by atoms with Crippen molar-refractivity contribution in [3.8, 4) is 11.5 Å². The van der Waals surface area contributed by atoms with Crippen molar-refractivity contribution in [1.82, 2.24) is 10.2 Å². The summed E-state index contributed by atoms with van der Waals surface area (Å²) in [5.41, 5.74) is 1.68. The van der Waals surface area contributed by atoms with Crippen molar-refractivity contribution in [1.29, 1.82) is 0 Å². The number of halogens is 1. The molecule has 0 unspecified atom stereocenters. The molecule has 3 aromatic carbocycles. The largest absolute Gasteiger partial charge is 0.493 e. The molecule has 0 bridgehead atoms. The Balaban J connectivity index is 2.10. The number of nitrogens with zero attached hydrogens (tertiary/aromatic N) is 2. The van der Waals surface area contributed by atoms with E-state index in [-0.39, 0.29) is 17.1 Å². The second-order valence-electron chi connectivity index (χ2n) is 8.77. The molecule has 0 aliphatic rings. The Hall–Kier alpha value is -3.76. The molecule has 0 aromatic heterocycles. The molecule has 11 heteroatoms. The third-order valence-corrected chi connectivity index (χ3v) is 8.41. The summed E-state index contributed by atoms with van der Waals surface area (Å²) in [6, 6.07) is 16.9. The zero-order valence-corrected chi connectivity index (χ0v) is 24.0. The van der Waals surface area contributed by atoms with Crippen LogP contribution in [0, 0.1) is 6.92 Å². The number of anilines is 1. The number of amides is 2. The Morgan fingerprint density at radius 1 is 0.974 bits per heavy atom. The maximum Gasteiger partial charge on any atom is 0.264 e.